The highest BCUT2D eigenvalue weighted by molar-refractivity contribution is 5.90. The molecule has 2 aromatic carbocycles. The van der Waals surface area contributed by atoms with E-state index in [1.54, 1.807) is 12.1 Å². The van der Waals surface area contributed by atoms with Gasteiger partial charge in [0.1, 0.15) is 5.75 Å². The van der Waals surface area contributed by atoms with E-state index in [0.717, 1.165) is 11.1 Å². The molecule has 0 aliphatic carbocycles. The van der Waals surface area contributed by atoms with Gasteiger partial charge in [-0.05, 0) is 37.6 Å². The fraction of sp³-hybridized carbons (Fsp3) is 0.316. The Morgan fingerprint density at radius 1 is 1.22 bits per heavy atom. The molecule has 1 unspecified atom stereocenters. The molecule has 0 saturated heterocycles. The second-order valence-electron chi connectivity index (χ2n) is 5.98. The third-order valence-corrected chi connectivity index (χ3v) is 3.87. The summed E-state index contributed by atoms with van der Waals surface area (Å²) in [7, 11) is 0. The van der Waals surface area contributed by atoms with Crippen molar-refractivity contribution in [3.8, 4) is 5.75 Å². The molecule has 0 amide bonds. The molecule has 0 bridgehead atoms. The van der Waals surface area contributed by atoms with Crippen LogP contribution in [-0.4, -0.2) is 23.5 Å². The standard InChI is InChI=1S/C19H20O4/c1-12(2)22-19(21)14-8-9-17-16(10-14)15(11-18(20)23-17)13-6-4-3-5-7-13/h3-10,12,15,18,20H,11H2,1-2H3/t15-,18?/m1/s1. The van der Waals surface area contributed by atoms with Crippen LogP contribution < -0.4 is 4.74 Å². The van der Waals surface area contributed by atoms with E-state index in [9.17, 15) is 9.90 Å². The summed E-state index contributed by atoms with van der Waals surface area (Å²) >= 11 is 0. The molecule has 1 aliphatic heterocycles. The smallest absolute Gasteiger partial charge is 0.338 e. The van der Waals surface area contributed by atoms with Gasteiger partial charge < -0.3 is 14.6 Å². The molecule has 4 heteroatoms. The van der Waals surface area contributed by atoms with Gasteiger partial charge in [0.15, 0.2) is 6.29 Å². The van der Waals surface area contributed by atoms with Gasteiger partial charge in [-0.3, -0.25) is 0 Å². The van der Waals surface area contributed by atoms with Gasteiger partial charge in [-0.15, -0.1) is 0 Å². The van der Waals surface area contributed by atoms with Crippen molar-refractivity contribution in [2.45, 2.75) is 38.6 Å². The average molecular weight is 312 g/mol. The van der Waals surface area contributed by atoms with Crippen LogP contribution in [0.3, 0.4) is 0 Å². The van der Waals surface area contributed by atoms with Gasteiger partial charge in [-0.2, -0.15) is 0 Å². The Labute approximate surface area is 135 Å². The van der Waals surface area contributed by atoms with Crippen LogP contribution in [-0.2, 0) is 4.74 Å². The first-order chi connectivity index (χ1) is 11.0. The first-order valence-corrected chi connectivity index (χ1v) is 7.79. The lowest BCUT2D eigenvalue weighted by Crippen LogP contribution is -2.26. The third-order valence-electron chi connectivity index (χ3n) is 3.87. The Morgan fingerprint density at radius 2 is 1.96 bits per heavy atom. The fourth-order valence-corrected chi connectivity index (χ4v) is 2.86. The Hall–Kier alpha value is -2.33. The van der Waals surface area contributed by atoms with Crippen molar-refractivity contribution in [3.63, 3.8) is 0 Å². The average Bonchev–Trinajstić information content (AvgIpc) is 2.53. The summed E-state index contributed by atoms with van der Waals surface area (Å²) < 4.78 is 10.8. The van der Waals surface area contributed by atoms with E-state index >= 15 is 0 Å². The monoisotopic (exact) mass is 312 g/mol. The summed E-state index contributed by atoms with van der Waals surface area (Å²) in [5.74, 6) is 0.251. The second kappa shape index (κ2) is 6.42. The quantitative estimate of drug-likeness (QED) is 0.882. The minimum Gasteiger partial charge on any atom is -0.465 e. The maximum atomic E-state index is 12.1. The summed E-state index contributed by atoms with van der Waals surface area (Å²) in [4.78, 5) is 12.1. The number of hydrogen-bond donors (Lipinski definition) is 1. The summed E-state index contributed by atoms with van der Waals surface area (Å²) in [6, 6.07) is 15.1. The molecule has 0 radical (unpaired) electrons. The number of carbonyl (C=O) groups is 1. The number of ether oxygens (including phenoxy) is 2. The van der Waals surface area contributed by atoms with Crippen LogP contribution in [0.25, 0.3) is 0 Å². The molecule has 120 valence electrons. The van der Waals surface area contributed by atoms with Crippen LogP contribution >= 0.6 is 0 Å². The van der Waals surface area contributed by atoms with Crippen LogP contribution in [0.2, 0.25) is 0 Å². The fourth-order valence-electron chi connectivity index (χ4n) is 2.86. The van der Waals surface area contributed by atoms with Crippen molar-refractivity contribution in [1.29, 1.82) is 0 Å². The molecule has 3 rings (SSSR count). The van der Waals surface area contributed by atoms with Gasteiger partial charge in [-0.25, -0.2) is 4.79 Å². The summed E-state index contributed by atoms with van der Waals surface area (Å²) in [5, 5.41) is 9.97. The van der Waals surface area contributed by atoms with E-state index in [1.807, 2.05) is 50.2 Å². The predicted octanol–water partition coefficient (Wildman–Crippen LogP) is 3.48. The van der Waals surface area contributed by atoms with Gasteiger partial charge in [0.25, 0.3) is 0 Å². The van der Waals surface area contributed by atoms with Crippen molar-refractivity contribution < 1.29 is 19.4 Å². The zero-order valence-electron chi connectivity index (χ0n) is 13.2. The zero-order chi connectivity index (χ0) is 16.4. The van der Waals surface area contributed by atoms with Gasteiger partial charge in [0, 0.05) is 17.9 Å². The molecule has 2 atom stereocenters. The van der Waals surface area contributed by atoms with Crippen LogP contribution in [0.1, 0.15) is 47.7 Å². The second-order valence-corrected chi connectivity index (χ2v) is 5.98. The lowest BCUT2D eigenvalue weighted by atomic mass is 9.85. The van der Waals surface area contributed by atoms with Crippen molar-refractivity contribution in [3.05, 3.63) is 65.2 Å². The Balaban J connectivity index is 1.99. The number of aliphatic hydroxyl groups is 1. The topological polar surface area (TPSA) is 55.8 Å². The van der Waals surface area contributed by atoms with Crippen LogP contribution in [0.5, 0.6) is 5.75 Å². The SMILES string of the molecule is CC(C)OC(=O)c1ccc2c(c1)[C@@H](c1ccccc1)CC(O)O2. The first-order valence-electron chi connectivity index (χ1n) is 7.79. The molecule has 4 nitrogen and oxygen atoms in total. The molecule has 2 aromatic rings. The van der Waals surface area contributed by atoms with E-state index in [4.69, 9.17) is 9.47 Å². The summed E-state index contributed by atoms with van der Waals surface area (Å²) in [6.45, 7) is 3.64. The maximum absolute atomic E-state index is 12.1. The maximum Gasteiger partial charge on any atom is 0.338 e. The van der Waals surface area contributed by atoms with Gasteiger partial charge >= 0.3 is 5.97 Å². The molecular weight excluding hydrogens is 292 g/mol. The van der Waals surface area contributed by atoms with E-state index in [-0.39, 0.29) is 18.0 Å². The van der Waals surface area contributed by atoms with E-state index in [0.29, 0.717) is 17.7 Å². The van der Waals surface area contributed by atoms with Crippen molar-refractivity contribution in [2.24, 2.45) is 0 Å². The number of benzene rings is 2. The molecule has 0 spiro atoms. The Kier molecular flexibility index (Phi) is 4.35. The van der Waals surface area contributed by atoms with Gasteiger partial charge in [0.2, 0.25) is 0 Å². The number of aliphatic hydroxyl groups excluding tert-OH is 1. The van der Waals surface area contributed by atoms with Crippen molar-refractivity contribution in [1.82, 2.24) is 0 Å². The molecule has 1 heterocycles. The number of hydrogen-bond acceptors (Lipinski definition) is 4. The minimum absolute atomic E-state index is 0.0123. The highest BCUT2D eigenvalue weighted by Gasteiger charge is 2.29. The number of esters is 1. The van der Waals surface area contributed by atoms with Crippen molar-refractivity contribution in [2.75, 3.05) is 0 Å². The zero-order valence-corrected chi connectivity index (χ0v) is 13.2. The molecular formula is C19H20O4. The predicted molar refractivity (Wildman–Crippen MR) is 86.5 cm³/mol. The number of carbonyl (C=O) groups excluding carboxylic acids is 1. The molecule has 0 aromatic heterocycles. The first kappa shape index (κ1) is 15.6. The van der Waals surface area contributed by atoms with Crippen LogP contribution in [0, 0.1) is 0 Å². The Bertz CT molecular complexity index is 694. The van der Waals surface area contributed by atoms with Crippen LogP contribution in [0.15, 0.2) is 48.5 Å². The lowest BCUT2D eigenvalue weighted by Gasteiger charge is -2.30. The largest absolute Gasteiger partial charge is 0.465 e. The molecule has 0 saturated carbocycles. The molecule has 1 aliphatic rings. The van der Waals surface area contributed by atoms with Crippen molar-refractivity contribution >= 4 is 5.97 Å². The van der Waals surface area contributed by atoms with Crippen LogP contribution in [0.4, 0.5) is 0 Å². The van der Waals surface area contributed by atoms with Gasteiger partial charge in [-0.1, -0.05) is 30.3 Å². The highest BCUT2D eigenvalue weighted by Crippen LogP contribution is 2.40. The number of fused-ring (bicyclic) bond motifs is 1. The summed E-state index contributed by atoms with van der Waals surface area (Å²) in [5.41, 5.74) is 2.49. The van der Waals surface area contributed by atoms with E-state index in [1.165, 1.54) is 0 Å². The molecule has 0 fully saturated rings. The third kappa shape index (κ3) is 3.37. The summed E-state index contributed by atoms with van der Waals surface area (Å²) in [6.07, 6.45) is -0.553. The highest BCUT2D eigenvalue weighted by atomic mass is 16.6. The number of rotatable bonds is 3. The normalized spacial score (nSPS) is 19.8. The Morgan fingerprint density at radius 3 is 2.65 bits per heavy atom. The minimum atomic E-state index is -0.846. The van der Waals surface area contributed by atoms with E-state index < -0.39 is 6.29 Å². The molecule has 23 heavy (non-hydrogen) atoms. The van der Waals surface area contributed by atoms with Gasteiger partial charge in [0.05, 0.1) is 11.7 Å². The lowest BCUT2D eigenvalue weighted by molar-refractivity contribution is -0.0359. The van der Waals surface area contributed by atoms with E-state index in [2.05, 4.69) is 0 Å². The molecule has 1 N–H and O–H groups in total.